The topological polar surface area (TPSA) is 26.3 Å². The molecule has 54 valence electrons. The second-order valence-electron chi connectivity index (χ2n) is 1.72. The van der Waals surface area contributed by atoms with Gasteiger partial charge in [-0.1, -0.05) is 6.92 Å². The fourth-order valence-corrected chi connectivity index (χ4v) is 0.399. The molecule has 0 aliphatic rings. The molecule has 0 bridgehead atoms. The highest BCUT2D eigenvalue weighted by Crippen LogP contribution is 1.86. The van der Waals surface area contributed by atoms with Gasteiger partial charge in [-0.2, -0.15) is 4.39 Å². The normalized spacial score (nSPS) is 9.56. The number of halogens is 1. The van der Waals surface area contributed by atoms with Crippen molar-refractivity contribution in [1.29, 1.82) is 0 Å². The Balaban J connectivity index is 2.83. The maximum atomic E-state index is 11.4. The molecule has 9 heavy (non-hydrogen) atoms. The van der Waals surface area contributed by atoms with Crippen LogP contribution in [0.2, 0.25) is 0 Å². The summed E-state index contributed by atoms with van der Waals surface area (Å²) >= 11 is 0. The van der Waals surface area contributed by atoms with Crippen molar-refractivity contribution in [2.75, 3.05) is 13.2 Å². The lowest BCUT2D eigenvalue weighted by Crippen LogP contribution is -1.99. The van der Waals surface area contributed by atoms with Crippen LogP contribution in [-0.4, -0.2) is 19.3 Å². The predicted molar refractivity (Wildman–Crippen MR) is 31.8 cm³/mol. The van der Waals surface area contributed by atoms with Crippen LogP contribution in [0.25, 0.3) is 0 Å². The first-order chi connectivity index (χ1) is 4.27. The summed E-state index contributed by atoms with van der Waals surface area (Å²) in [7, 11) is 0. The summed E-state index contributed by atoms with van der Waals surface area (Å²) in [6.45, 7) is 2.77. The fourth-order valence-electron chi connectivity index (χ4n) is 0.399. The van der Waals surface area contributed by atoms with Gasteiger partial charge in [0.1, 0.15) is 0 Å². The minimum atomic E-state index is -1.30. The van der Waals surface area contributed by atoms with Crippen molar-refractivity contribution in [3.8, 4) is 0 Å². The summed E-state index contributed by atoms with van der Waals surface area (Å²) in [6, 6.07) is -1.30. The van der Waals surface area contributed by atoms with Gasteiger partial charge >= 0.3 is 6.04 Å². The van der Waals surface area contributed by atoms with Gasteiger partial charge in [-0.05, 0) is 6.42 Å². The third kappa shape index (κ3) is 7.56. The van der Waals surface area contributed by atoms with Crippen LogP contribution in [-0.2, 0) is 9.53 Å². The molecule has 0 unspecified atom stereocenters. The molecule has 0 N–H and O–H groups in total. The van der Waals surface area contributed by atoms with Crippen LogP contribution < -0.4 is 0 Å². The van der Waals surface area contributed by atoms with Crippen LogP contribution in [0.4, 0.5) is 4.39 Å². The van der Waals surface area contributed by atoms with E-state index >= 15 is 0 Å². The number of ether oxygens (including phenoxy) is 1. The zero-order valence-corrected chi connectivity index (χ0v) is 5.52. The number of carbonyl (C=O) groups is 1. The monoisotopic (exact) mass is 134 g/mol. The average Bonchev–Trinajstić information content (AvgIpc) is 1.80. The molecule has 0 aromatic heterocycles. The lowest BCUT2D eigenvalue weighted by molar-refractivity contribution is -0.130. The second-order valence-corrected chi connectivity index (χ2v) is 1.72. The summed E-state index contributed by atoms with van der Waals surface area (Å²) < 4.78 is 16.2. The molecular weight excluding hydrogens is 123 g/mol. The van der Waals surface area contributed by atoms with Crippen molar-refractivity contribution in [3.05, 3.63) is 0 Å². The number of rotatable bonds is 5. The summed E-state index contributed by atoms with van der Waals surface area (Å²) in [6.07, 6.45) is 0.792. The summed E-state index contributed by atoms with van der Waals surface area (Å²) in [5.74, 6) is 0. The van der Waals surface area contributed by atoms with E-state index in [4.69, 9.17) is 4.74 Å². The van der Waals surface area contributed by atoms with Crippen LogP contribution in [0.15, 0.2) is 0 Å². The lowest BCUT2D eigenvalue weighted by Gasteiger charge is -1.96. The van der Waals surface area contributed by atoms with Crippen LogP contribution >= 0.6 is 0 Å². The van der Waals surface area contributed by atoms with Gasteiger partial charge in [-0.25, -0.2) is 0 Å². The summed E-state index contributed by atoms with van der Waals surface area (Å²) in [5, 5.41) is 0. The van der Waals surface area contributed by atoms with E-state index < -0.39 is 6.04 Å². The Bertz CT molecular complexity index is 83.1. The van der Waals surface area contributed by atoms with Crippen molar-refractivity contribution in [3.63, 3.8) is 0 Å². The fraction of sp³-hybridized carbons (Fsp3) is 0.833. The van der Waals surface area contributed by atoms with E-state index in [1.807, 2.05) is 6.92 Å². The van der Waals surface area contributed by atoms with Crippen LogP contribution in [0.3, 0.4) is 0 Å². The van der Waals surface area contributed by atoms with E-state index in [0.717, 1.165) is 6.42 Å². The molecule has 0 heterocycles. The number of carbonyl (C=O) groups excluding carboxylic acids is 1. The highest BCUT2D eigenvalue weighted by atomic mass is 19.1. The SMILES string of the molecule is CCCOCCC(=O)F. The zero-order valence-electron chi connectivity index (χ0n) is 5.52. The van der Waals surface area contributed by atoms with Crippen LogP contribution in [0.5, 0.6) is 0 Å². The molecule has 0 saturated heterocycles. The minimum absolute atomic E-state index is 0.111. The molecular formula is C6H11FO2. The van der Waals surface area contributed by atoms with Crippen LogP contribution in [0.1, 0.15) is 19.8 Å². The third-order valence-corrected chi connectivity index (χ3v) is 0.791. The Labute approximate surface area is 54.0 Å². The Morgan fingerprint density at radius 1 is 1.56 bits per heavy atom. The van der Waals surface area contributed by atoms with E-state index in [9.17, 15) is 9.18 Å². The van der Waals surface area contributed by atoms with Crippen LogP contribution in [0, 0.1) is 0 Å². The molecule has 0 aromatic rings. The van der Waals surface area contributed by atoms with Gasteiger partial charge in [0.2, 0.25) is 0 Å². The van der Waals surface area contributed by atoms with Gasteiger partial charge in [-0.3, -0.25) is 4.79 Å². The second kappa shape index (κ2) is 5.69. The predicted octanol–water partition coefficient (Wildman–Crippen LogP) is 1.30. The van der Waals surface area contributed by atoms with Crippen molar-refractivity contribution < 1.29 is 13.9 Å². The van der Waals surface area contributed by atoms with E-state index in [1.165, 1.54) is 0 Å². The molecule has 0 aliphatic heterocycles. The van der Waals surface area contributed by atoms with E-state index in [1.54, 1.807) is 0 Å². The average molecular weight is 134 g/mol. The van der Waals surface area contributed by atoms with Gasteiger partial charge in [0.05, 0.1) is 13.0 Å². The first kappa shape index (κ1) is 8.56. The molecule has 0 aliphatic carbocycles. The first-order valence-electron chi connectivity index (χ1n) is 3.03. The molecule has 0 aromatic carbocycles. The van der Waals surface area contributed by atoms with Crippen molar-refractivity contribution in [2.24, 2.45) is 0 Å². The van der Waals surface area contributed by atoms with Gasteiger partial charge in [0.25, 0.3) is 0 Å². The number of hydrogen-bond donors (Lipinski definition) is 0. The third-order valence-electron chi connectivity index (χ3n) is 0.791. The first-order valence-corrected chi connectivity index (χ1v) is 3.03. The summed E-state index contributed by atoms with van der Waals surface area (Å²) in [5.41, 5.74) is 0. The van der Waals surface area contributed by atoms with Crippen molar-refractivity contribution >= 4 is 6.04 Å². The van der Waals surface area contributed by atoms with Gasteiger partial charge < -0.3 is 4.74 Å². The standard InChI is InChI=1S/C6H11FO2/c1-2-4-9-5-3-6(7)8/h2-5H2,1H3. The molecule has 0 spiro atoms. The Morgan fingerprint density at radius 3 is 2.67 bits per heavy atom. The highest BCUT2D eigenvalue weighted by molar-refractivity contribution is 5.67. The molecule has 0 atom stereocenters. The maximum absolute atomic E-state index is 11.4. The lowest BCUT2D eigenvalue weighted by atomic mass is 10.5. The van der Waals surface area contributed by atoms with E-state index in [2.05, 4.69) is 0 Å². The molecule has 0 radical (unpaired) electrons. The van der Waals surface area contributed by atoms with E-state index in [0.29, 0.717) is 6.61 Å². The van der Waals surface area contributed by atoms with E-state index in [-0.39, 0.29) is 13.0 Å². The largest absolute Gasteiger partial charge is 0.381 e. The minimum Gasteiger partial charge on any atom is -0.381 e. The Kier molecular flexibility index (Phi) is 5.41. The summed E-state index contributed by atoms with van der Waals surface area (Å²) in [4.78, 5) is 9.66. The highest BCUT2D eigenvalue weighted by Gasteiger charge is 1.95. The molecule has 2 nitrogen and oxygen atoms in total. The Morgan fingerprint density at radius 2 is 2.22 bits per heavy atom. The zero-order chi connectivity index (χ0) is 7.11. The molecule has 0 rings (SSSR count). The smallest absolute Gasteiger partial charge is 0.303 e. The van der Waals surface area contributed by atoms with Gasteiger partial charge in [0, 0.05) is 6.61 Å². The quantitative estimate of drug-likeness (QED) is 0.418. The molecule has 3 heteroatoms. The van der Waals surface area contributed by atoms with Gasteiger partial charge in [0.15, 0.2) is 0 Å². The number of hydrogen-bond acceptors (Lipinski definition) is 2. The van der Waals surface area contributed by atoms with Crippen molar-refractivity contribution in [1.82, 2.24) is 0 Å². The molecule has 0 saturated carbocycles. The van der Waals surface area contributed by atoms with Crippen molar-refractivity contribution in [2.45, 2.75) is 19.8 Å². The Hall–Kier alpha value is -0.440. The maximum Gasteiger partial charge on any atom is 0.303 e. The van der Waals surface area contributed by atoms with Gasteiger partial charge in [-0.15, -0.1) is 0 Å². The molecule has 0 fully saturated rings. The molecule has 0 amide bonds.